The number of nitrogens with one attached hydrogen (secondary N) is 1. The first-order valence-electron chi connectivity index (χ1n) is 23.5. The number of Topliss-reactive ketones (excluding diaryl/α,β-unsaturated/α-hetero) is 2. The van der Waals surface area contributed by atoms with E-state index < -0.39 is 11.5 Å². The predicted molar refractivity (Wildman–Crippen MR) is 260 cm³/mol. The monoisotopic (exact) mass is 930 g/mol. The average molecular weight is 932 g/mol. The number of aromatic amines is 1. The number of hydrogen-bond acceptors (Lipinski definition) is 9. The molecule has 3 aliphatic heterocycles. The van der Waals surface area contributed by atoms with Crippen LogP contribution in [0.2, 0.25) is 0 Å². The highest BCUT2D eigenvalue weighted by molar-refractivity contribution is 6.18. The van der Waals surface area contributed by atoms with Crippen LogP contribution in [0.4, 0.5) is 0 Å². The molecule has 5 heterocycles. The molecule has 2 saturated carbocycles. The summed E-state index contributed by atoms with van der Waals surface area (Å²) in [6.07, 6.45) is 4.23. The Bertz CT molecular complexity index is 2800. The molecule has 4 aromatic carbocycles. The van der Waals surface area contributed by atoms with Gasteiger partial charge in [0.1, 0.15) is 11.6 Å². The number of epoxide rings is 1. The van der Waals surface area contributed by atoms with Crippen LogP contribution in [0.25, 0.3) is 21.8 Å². The van der Waals surface area contributed by atoms with Crippen LogP contribution < -0.4 is 18.9 Å². The number of ether oxygens (including phenoxy) is 6. The Hall–Kier alpha value is -5.33. The lowest BCUT2D eigenvalue weighted by Crippen LogP contribution is -2.25. The van der Waals surface area contributed by atoms with Gasteiger partial charge in [-0.15, -0.1) is 11.6 Å². The Morgan fingerprint density at radius 2 is 1.27 bits per heavy atom. The van der Waals surface area contributed by atoms with Crippen molar-refractivity contribution in [2.24, 2.45) is 0 Å². The lowest BCUT2D eigenvalue weighted by molar-refractivity contribution is -0.121. The Morgan fingerprint density at radius 3 is 1.75 bits per heavy atom. The van der Waals surface area contributed by atoms with Crippen molar-refractivity contribution < 1.29 is 43.1 Å². The summed E-state index contributed by atoms with van der Waals surface area (Å²) in [6.45, 7) is 15.2. The molecule has 0 amide bonds. The zero-order valence-corrected chi connectivity index (χ0v) is 40.5. The third-order valence-electron chi connectivity index (χ3n) is 13.7. The average Bonchev–Trinajstić information content (AvgIpc) is 4.26. The molecule has 11 nitrogen and oxygen atoms in total. The zero-order chi connectivity index (χ0) is 47.3. The standard InChI is InChI=1S/C28H33NO5.C24H25NO3.C3H5ClO/c1-27(2,3)25-13-19-11-18(5-7-22(19)29(25)15-21(30)16-32-4)12-26(31)28(9-10-28)20-6-8-23-24(14-20)34-17-33-23;1-23(2,3)21-12-16-10-15(4-6-18(16)25-21)11-22(26)24(8-9-24)17-5-7-19-20(13-17)28-14-27-19;4-1-3-2-5-3/h5-8,11,13-14,21,30H,9-10,12,15-17H2,1-4H3;4-7,10,12-13,25H,8-9,11,14H2,1-3H3;3H,1-2H2. The van der Waals surface area contributed by atoms with Gasteiger partial charge in [-0.05, 0) is 114 Å². The van der Waals surface area contributed by atoms with Gasteiger partial charge >= 0.3 is 0 Å². The molecule has 11 rings (SSSR count). The molecule has 2 N–H and O–H groups in total. The maximum atomic E-state index is 13.5. The molecule has 1 saturated heterocycles. The molecule has 67 heavy (non-hydrogen) atoms. The number of rotatable bonds is 13. The fourth-order valence-electron chi connectivity index (χ4n) is 9.36. The number of nitrogens with zero attached hydrogens (tertiary/aromatic N) is 1. The topological polar surface area (TPSA) is 134 Å². The van der Waals surface area contributed by atoms with E-state index in [0.29, 0.717) is 31.4 Å². The highest BCUT2D eigenvalue weighted by Crippen LogP contribution is 2.53. The van der Waals surface area contributed by atoms with Gasteiger partial charge in [-0.25, -0.2) is 0 Å². The number of hydrogen-bond donors (Lipinski definition) is 2. The van der Waals surface area contributed by atoms with Gasteiger partial charge in [-0.1, -0.05) is 65.8 Å². The lowest BCUT2D eigenvalue weighted by atomic mass is 9.87. The molecule has 3 fully saturated rings. The fraction of sp³-hybridized carbons (Fsp3) is 0.455. The number of aliphatic hydroxyl groups is 1. The molecule has 0 bridgehead atoms. The van der Waals surface area contributed by atoms with E-state index in [2.05, 4.69) is 93.6 Å². The number of carbonyl (C=O) groups is 2. The summed E-state index contributed by atoms with van der Waals surface area (Å²) < 4.78 is 33.9. The molecular weight excluding hydrogens is 868 g/mol. The van der Waals surface area contributed by atoms with Crippen molar-refractivity contribution in [3.8, 4) is 23.0 Å². The Balaban J connectivity index is 0.000000154. The van der Waals surface area contributed by atoms with E-state index in [9.17, 15) is 14.7 Å². The molecule has 0 spiro atoms. The van der Waals surface area contributed by atoms with Crippen molar-refractivity contribution in [3.63, 3.8) is 0 Å². The molecule has 354 valence electrons. The van der Waals surface area contributed by atoms with Crippen LogP contribution in [0, 0.1) is 0 Å². The SMILES string of the molecule is CC(C)(C)c1cc2cc(CC(=O)C3(c4ccc5c(c4)OCO5)CC3)ccc2[nH]1.COCC(O)Cn1c(C(C)(C)C)cc2cc(CC(=O)C3(c4ccc5c(c4)OCO5)CC3)ccc21.ClCC1CO1. The van der Waals surface area contributed by atoms with Crippen LogP contribution in [0.1, 0.15) is 101 Å². The second kappa shape index (κ2) is 18.3. The van der Waals surface area contributed by atoms with Crippen LogP contribution in [0.3, 0.4) is 0 Å². The zero-order valence-electron chi connectivity index (χ0n) is 39.8. The van der Waals surface area contributed by atoms with E-state index in [1.54, 1.807) is 7.11 Å². The summed E-state index contributed by atoms with van der Waals surface area (Å²) in [5, 5.41) is 12.7. The van der Waals surface area contributed by atoms with E-state index in [-0.39, 0.29) is 48.0 Å². The second-order valence-electron chi connectivity index (χ2n) is 20.9. The number of carbonyl (C=O) groups excluding carboxylic acids is 2. The summed E-state index contributed by atoms with van der Waals surface area (Å²) in [5.41, 5.74) is 7.94. The normalized spacial score (nSPS) is 18.4. The minimum Gasteiger partial charge on any atom is -0.454 e. The summed E-state index contributed by atoms with van der Waals surface area (Å²) in [7, 11) is 1.60. The lowest BCUT2D eigenvalue weighted by Gasteiger charge is -2.23. The van der Waals surface area contributed by atoms with Crippen LogP contribution in [0.15, 0.2) is 84.9 Å². The first-order chi connectivity index (χ1) is 32.0. The molecule has 2 unspecified atom stereocenters. The number of aromatic nitrogens is 2. The number of halogens is 1. The van der Waals surface area contributed by atoms with E-state index >= 15 is 0 Å². The van der Waals surface area contributed by atoms with Gasteiger partial charge in [0.25, 0.3) is 0 Å². The van der Waals surface area contributed by atoms with Crippen LogP contribution in [-0.4, -0.2) is 78.2 Å². The fourth-order valence-corrected chi connectivity index (χ4v) is 9.54. The summed E-state index contributed by atoms with van der Waals surface area (Å²) >= 11 is 5.27. The van der Waals surface area contributed by atoms with Gasteiger partial charge in [0.15, 0.2) is 23.0 Å². The van der Waals surface area contributed by atoms with Gasteiger partial charge in [-0.2, -0.15) is 0 Å². The molecular formula is C55H63ClN2O9. The quantitative estimate of drug-likeness (QED) is 0.0858. The predicted octanol–water partition coefficient (Wildman–Crippen LogP) is 10.2. The number of alkyl halides is 1. The van der Waals surface area contributed by atoms with Crippen molar-refractivity contribution in [1.82, 2.24) is 9.55 Å². The van der Waals surface area contributed by atoms with Crippen molar-refractivity contribution in [3.05, 3.63) is 119 Å². The van der Waals surface area contributed by atoms with E-state index in [0.717, 1.165) is 99.7 Å². The highest BCUT2D eigenvalue weighted by Gasteiger charge is 2.52. The number of methoxy groups -OCH3 is 1. The van der Waals surface area contributed by atoms with Crippen molar-refractivity contribution in [1.29, 1.82) is 0 Å². The van der Waals surface area contributed by atoms with Crippen molar-refractivity contribution in [2.75, 3.05) is 39.8 Å². The summed E-state index contributed by atoms with van der Waals surface area (Å²) in [5.74, 6) is 4.19. The van der Waals surface area contributed by atoms with Gasteiger partial charge in [0, 0.05) is 58.6 Å². The molecule has 0 radical (unpaired) electrons. The number of benzene rings is 4. The smallest absolute Gasteiger partial charge is 0.231 e. The Labute approximate surface area is 398 Å². The van der Waals surface area contributed by atoms with E-state index in [4.69, 9.17) is 40.0 Å². The minimum atomic E-state index is -0.584. The maximum Gasteiger partial charge on any atom is 0.231 e. The van der Waals surface area contributed by atoms with Crippen LogP contribution in [-0.2, 0) is 60.1 Å². The summed E-state index contributed by atoms with van der Waals surface area (Å²) in [4.78, 5) is 30.2. The van der Waals surface area contributed by atoms with Crippen molar-refractivity contribution in [2.45, 2.75) is 120 Å². The van der Waals surface area contributed by atoms with E-state index in [1.165, 1.54) is 11.1 Å². The van der Waals surface area contributed by atoms with Crippen molar-refractivity contribution >= 4 is 45.0 Å². The molecule has 2 aromatic heterocycles. The first kappa shape index (κ1) is 46.8. The molecule has 2 aliphatic carbocycles. The third-order valence-corrected chi connectivity index (χ3v) is 14.0. The van der Waals surface area contributed by atoms with Gasteiger partial charge in [-0.3, -0.25) is 9.59 Å². The van der Waals surface area contributed by atoms with Gasteiger partial charge in [0.2, 0.25) is 13.6 Å². The van der Waals surface area contributed by atoms with Crippen LogP contribution in [0.5, 0.6) is 23.0 Å². The minimum absolute atomic E-state index is 0.0758. The largest absolute Gasteiger partial charge is 0.454 e. The summed E-state index contributed by atoms with van der Waals surface area (Å²) in [6, 6.07) is 28.7. The second-order valence-corrected chi connectivity index (χ2v) is 21.2. The maximum absolute atomic E-state index is 13.5. The molecule has 12 heteroatoms. The number of fused-ring (bicyclic) bond motifs is 4. The van der Waals surface area contributed by atoms with Gasteiger partial charge in [0.05, 0.1) is 48.7 Å². The molecule has 6 aromatic rings. The molecule has 5 aliphatic rings. The highest BCUT2D eigenvalue weighted by atomic mass is 35.5. The first-order valence-corrected chi connectivity index (χ1v) is 24.0. The van der Waals surface area contributed by atoms with E-state index in [1.807, 2.05) is 42.5 Å². The number of aliphatic hydroxyl groups excluding tert-OH is 1. The van der Waals surface area contributed by atoms with Gasteiger partial charge < -0.3 is 43.1 Å². The Morgan fingerprint density at radius 1 is 0.731 bits per heavy atom. The van der Waals surface area contributed by atoms with Crippen LogP contribution >= 0.6 is 11.6 Å². The Kier molecular flexibility index (Phi) is 12.8. The number of ketones is 2. The third kappa shape index (κ3) is 9.98. The molecule has 2 atom stereocenters. The number of H-pyrrole nitrogens is 1.